The van der Waals surface area contributed by atoms with Gasteiger partial charge in [0.25, 0.3) is 0 Å². The molecule has 1 aliphatic heterocycles. The molecule has 1 aromatic rings. The third kappa shape index (κ3) is 1.53. The maximum absolute atomic E-state index is 10.5. The van der Waals surface area contributed by atoms with Crippen LogP contribution in [-0.2, 0) is 4.79 Å². The average molecular weight is 193 g/mol. The number of carboxylic acid groups (broad SMARTS) is 1. The molecular weight excluding hydrogens is 182 g/mol. The van der Waals surface area contributed by atoms with E-state index in [4.69, 9.17) is 5.11 Å². The van der Waals surface area contributed by atoms with Crippen LogP contribution in [0, 0.1) is 12.8 Å². The topological polar surface area (TPSA) is 66.3 Å². The number of rotatable bonds is 2. The Morgan fingerprint density at radius 2 is 2.07 bits per heavy atom. The predicted molar refractivity (Wildman–Crippen MR) is 50.1 cm³/mol. The van der Waals surface area contributed by atoms with E-state index in [1.807, 2.05) is 11.8 Å². The van der Waals surface area contributed by atoms with E-state index in [0.29, 0.717) is 19.0 Å². The van der Waals surface area contributed by atoms with Crippen LogP contribution in [-0.4, -0.2) is 34.1 Å². The van der Waals surface area contributed by atoms with E-state index in [2.05, 4.69) is 9.97 Å². The first-order chi connectivity index (χ1) is 6.66. The van der Waals surface area contributed by atoms with Crippen LogP contribution < -0.4 is 4.90 Å². The maximum atomic E-state index is 10.5. The molecule has 2 heterocycles. The summed E-state index contributed by atoms with van der Waals surface area (Å²) in [5.41, 5.74) is 1.00. The molecule has 1 aliphatic rings. The molecule has 1 saturated heterocycles. The van der Waals surface area contributed by atoms with Gasteiger partial charge < -0.3 is 10.0 Å². The fraction of sp³-hybridized carbons (Fsp3) is 0.444. The van der Waals surface area contributed by atoms with Crippen molar-refractivity contribution in [1.29, 1.82) is 0 Å². The van der Waals surface area contributed by atoms with Crippen LogP contribution in [0.25, 0.3) is 0 Å². The van der Waals surface area contributed by atoms with E-state index >= 15 is 0 Å². The molecule has 0 radical (unpaired) electrons. The normalized spacial score (nSPS) is 16.5. The number of anilines is 1. The van der Waals surface area contributed by atoms with Gasteiger partial charge in [0.05, 0.1) is 5.92 Å². The van der Waals surface area contributed by atoms with Gasteiger partial charge in [0.1, 0.15) is 0 Å². The Hall–Kier alpha value is -1.65. The molecule has 5 heteroatoms. The highest BCUT2D eigenvalue weighted by atomic mass is 16.4. The van der Waals surface area contributed by atoms with Crippen molar-refractivity contribution < 1.29 is 9.90 Å². The zero-order valence-electron chi connectivity index (χ0n) is 7.84. The number of hydrogen-bond donors (Lipinski definition) is 1. The van der Waals surface area contributed by atoms with Gasteiger partial charge in [0.15, 0.2) is 0 Å². The minimum atomic E-state index is -0.742. The maximum Gasteiger partial charge on any atom is 0.310 e. The predicted octanol–water partition coefficient (Wildman–Crippen LogP) is 0.306. The van der Waals surface area contributed by atoms with Gasteiger partial charge in [0, 0.05) is 25.5 Å². The summed E-state index contributed by atoms with van der Waals surface area (Å²) in [5, 5.41) is 8.67. The first kappa shape index (κ1) is 8.93. The van der Waals surface area contributed by atoms with Crippen molar-refractivity contribution in [3.05, 3.63) is 18.0 Å². The van der Waals surface area contributed by atoms with Gasteiger partial charge in [-0.05, 0) is 12.5 Å². The molecule has 0 spiro atoms. The second-order valence-corrected chi connectivity index (χ2v) is 3.50. The van der Waals surface area contributed by atoms with E-state index in [0.717, 1.165) is 5.56 Å². The summed E-state index contributed by atoms with van der Waals surface area (Å²) in [5.74, 6) is -0.388. The van der Waals surface area contributed by atoms with Crippen LogP contribution in [0.2, 0.25) is 0 Å². The second-order valence-electron chi connectivity index (χ2n) is 3.50. The monoisotopic (exact) mass is 193 g/mol. The van der Waals surface area contributed by atoms with Gasteiger partial charge in [-0.1, -0.05) is 0 Å². The van der Waals surface area contributed by atoms with Gasteiger partial charge in [-0.3, -0.25) is 4.79 Å². The van der Waals surface area contributed by atoms with Gasteiger partial charge in [-0.15, -0.1) is 0 Å². The summed E-state index contributed by atoms with van der Waals surface area (Å²) < 4.78 is 0. The van der Waals surface area contributed by atoms with Crippen molar-refractivity contribution in [1.82, 2.24) is 9.97 Å². The smallest absolute Gasteiger partial charge is 0.310 e. The number of aryl methyl sites for hydroxylation is 1. The fourth-order valence-corrected chi connectivity index (χ4v) is 1.35. The van der Waals surface area contributed by atoms with Crippen molar-refractivity contribution in [3.63, 3.8) is 0 Å². The molecule has 0 amide bonds. The summed E-state index contributed by atoms with van der Waals surface area (Å²) in [7, 11) is 0. The van der Waals surface area contributed by atoms with Crippen LogP contribution in [0.3, 0.4) is 0 Å². The Balaban J connectivity index is 2.00. The lowest BCUT2D eigenvalue weighted by Gasteiger charge is -2.36. The lowest BCUT2D eigenvalue weighted by atomic mass is 10.0. The zero-order valence-corrected chi connectivity index (χ0v) is 7.84. The number of nitrogens with zero attached hydrogens (tertiary/aromatic N) is 3. The number of carbonyl (C=O) groups is 1. The standard InChI is InChI=1S/C9H11N3O2/c1-6-2-10-9(11-3-6)12-4-7(5-12)8(13)14/h2-3,7H,4-5H2,1H3,(H,13,14). The van der Waals surface area contributed by atoms with Crippen molar-refractivity contribution in [2.45, 2.75) is 6.92 Å². The third-order valence-corrected chi connectivity index (χ3v) is 2.28. The Morgan fingerprint density at radius 3 is 2.57 bits per heavy atom. The van der Waals surface area contributed by atoms with E-state index in [-0.39, 0.29) is 5.92 Å². The number of aromatic nitrogens is 2. The van der Waals surface area contributed by atoms with E-state index in [9.17, 15) is 4.79 Å². The molecule has 74 valence electrons. The third-order valence-electron chi connectivity index (χ3n) is 2.28. The molecule has 5 nitrogen and oxygen atoms in total. The van der Waals surface area contributed by atoms with Crippen LogP contribution in [0.1, 0.15) is 5.56 Å². The minimum Gasteiger partial charge on any atom is -0.481 e. The molecule has 14 heavy (non-hydrogen) atoms. The SMILES string of the molecule is Cc1cnc(N2CC(C(=O)O)C2)nc1. The van der Waals surface area contributed by atoms with E-state index < -0.39 is 5.97 Å². The lowest BCUT2D eigenvalue weighted by Crippen LogP contribution is -2.51. The van der Waals surface area contributed by atoms with Crippen LogP contribution in [0.5, 0.6) is 0 Å². The lowest BCUT2D eigenvalue weighted by molar-refractivity contribution is -0.142. The minimum absolute atomic E-state index is 0.264. The van der Waals surface area contributed by atoms with Crippen LogP contribution >= 0.6 is 0 Å². The molecule has 0 aliphatic carbocycles. The number of carboxylic acids is 1. The summed E-state index contributed by atoms with van der Waals surface area (Å²) >= 11 is 0. The Morgan fingerprint density at radius 1 is 1.50 bits per heavy atom. The van der Waals surface area contributed by atoms with Crippen LogP contribution in [0.4, 0.5) is 5.95 Å². The Labute approximate surface area is 81.4 Å². The molecule has 1 N–H and O–H groups in total. The molecule has 1 aromatic heterocycles. The van der Waals surface area contributed by atoms with Crippen molar-refractivity contribution in [3.8, 4) is 0 Å². The highest BCUT2D eigenvalue weighted by Gasteiger charge is 2.33. The Bertz CT molecular complexity index is 344. The van der Waals surface area contributed by atoms with Crippen molar-refractivity contribution in [2.24, 2.45) is 5.92 Å². The van der Waals surface area contributed by atoms with Gasteiger partial charge >= 0.3 is 5.97 Å². The van der Waals surface area contributed by atoms with Crippen LogP contribution in [0.15, 0.2) is 12.4 Å². The first-order valence-electron chi connectivity index (χ1n) is 4.43. The molecule has 0 unspecified atom stereocenters. The molecule has 2 rings (SSSR count). The average Bonchev–Trinajstić information content (AvgIpc) is 2.05. The molecule has 0 aromatic carbocycles. The van der Waals surface area contributed by atoms with Gasteiger partial charge in [0.2, 0.25) is 5.95 Å². The summed E-state index contributed by atoms with van der Waals surface area (Å²) in [6.45, 7) is 2.94. The summed E-state index contributed by atoms with van der Waals surface area (Å²) in [6, 6.07) is 0. The quantitative estimate of drug-likeness (QED) is 0.732. The highest BCUT2D eigenvalue weighted by molar-refractivity contribution is 5.73. The zero-order chi connectivity index (χ0) is 10.1. The molecular formula is C9H11N3O2. The molecule has 0 atom stereocenters. The first-order valence-corrected chi connectivity index (χ1v) is 4.43. The Kier molecular flexibility index (Phi) is 2.07. The number of aliphatic carboxylic acids is 1. The molecule has 1 fully saturated rings. The number of hydrogen-bond acceptors (Lipinski definition) is 4. The second kappa shape index (κ2) is 3.25. The molecule has 0 saturated carbocycles. The van der Waals surface area contributed by atoms with Gasteiger partial charge in [-0.2, -0.15) is 0 Å². The molecule has 0 bridgehead atoms. The summed E-state index contributed by atoms with van der Waals surface area (Å²) in [6.07, 6.45) is 3.47. The van der Waals surface area contributed by atoms with Gasteiger partial charge in [-0.25, -0.2) is 9.97 Å². The van der Waals surface area contributed by atoms with E-state index in [1.165, 1.54) is 0 Å². The van der Waals surface area contributed by atoms with Crippen molar-refractivity contribution in [2.75, 3.05) is 18.0 Å². The largest absolute Gasteiger partial charge is 0.481 e. The summed E-state index contributed by atoms with van der Waals surface area (Å²) in [4.78, 5) is 20.6. The highest BCUT2D eigenvalue weighted by Crippen LogP contribution is 2.20. The fourth-order valence-electron chi connectivity index (χ4n) is 1.35. The van der Waals surface area contributed by atoms with E-state index in [1.54, 1.807) is 12.4 Å². The van der Waals surface area contributed by atoms with Crippen molar-refractivity contribution >= 4 is 11.9 Å².